The molecule has 0 unspecified atom stereocenters. The zero-order valence-electron chi connectivity index (χ0n) is 12.5. The van der Waals surface area contributed by atoms with Gasteiger partial charge in [0.25, 0.3) is 0 Å². The molecule has 0 saturated heterocycles. The lowest BCUT2D eigenvalue weighted by atomic mass is 10.2. The van der Waals surface area contributed by atoms with E-state index in [1.807, 2.05) is 41.8 Å². The van der Waals surface area contributed by atoms with Crippen molar-refractivity contribution >= 4 is 17.2 Å². The first-order valence-electron chi connectivity index (χ1n) is 7.34. The highest BCUT2D eigenvalue weighted by atomic mass is 32.1. The van der Waals surface area contributed by atoms with E-state index < -0.39 is 0 Å². The van der Waals surface area contributed by atoms with Gasteiger partial charge in [0.15, 0.2) is 0 Å². The summed E-state index contributed by atoms with van der Waals surface area (Å²) in [6.07, 6.45) is 4.50. The minimum absolute atomic E-state index is 0.0289. The third-order valence-corrected chi connectivity index (χ3v) is 4.12. The number of hydrogen-bond acceptors (Lipinski definition) is 5. The first-order chi connectivity index (χ1) is 11.3. The number of hydrogen-bond donors (Lipinski definition) is 1. The van der Waals surface area contributed by atoms with E-state index >= 15 is 0 Å². The summed E-state index contributed by atoms with van der Waals surface area (Å²) in [6, 6.07) is 11.5. The van der Waals surface area contributed by atoms with Crippen LogP contribution in [-0.2, 0) is 17.6 Å². The van der Waals surface area contributed by atoms with Gasteiger partial charge in [0.05, 0.1) is 17.8 Å². The summed E-state index contributed by atoms with van der Waals surface area (Å²) in [5.74, 6) is -0.0289. The molecule has 116 valence electrons. The average Bonchev–Trinajstić information content (AvgIpc) is 3.05. The Morgan fingerprint density at radius 3 is 2.61 bits per heavy atom. The highest BCUT2D eigenvalue weighted by Crippen LogP contribution is 2.21. The number of nitrogens with one attached hydrogen (secondary N) is 1. The first kappa shape index (κ1) is 15.3. The molecule has 3 aromatic heterocycles. The number of thiazole rings is 1. The van der Waals surface area contributed by atoms with Crippen LogP contribution in [0, 0.1) is 0 Å². The summed E-state index contributed by atoms with van der Waals surface area (Å²) in [7, 11) is 0. The maximum absolute atomic E-state index is 12.0. The third kappa shape index (κ3) is 4.43. The fourth-order valence-corrected chi connectivity index (χ4v) is 2.89. The van der Waals surface area contributed by atoms with Crippen LogP contribution in [0.1, 0.15) is 11.4 Å². The summed E-state index contributed by atoms with van der Waals surface area (Å²) >= 11 is 1.50. The maximum atomic E-state index is 12.0. The second-order valence-corrected chi connectivity index (χ2v) is 5.81. The smallest absolute Gasteiger partial charge is 0.226 e. The summed E-state index contributed by atoms with van der Waals surface area (Å²) in [5.41, 5.74) is 2.57. The van der Waals surface area contributed by atoms with Crippen molar-refractivity contribution in [3.05, 3.63) is 65.6 Å². The molecular weight excluding hydrogens is 308 g/mol. The number of amides is 1. The number of nitrogens with zero attached hydrogens (tertiary/aromatic N) is 3. The van der Waals surface area contributed by atoms with E-state index in [9.17, 15) is 4.79 Å². The Bertz CT molecular complexity index is 759. The van der Waals surface area contributed by atoms with Gasteiger partial charge in [0.2, 0.25) is 5.91 Å². The molecule has 0 saturated carbocycles. The van der Waals surface area contributed by atoms with Crippen LogP contribution in [0.3, 0.4) is 0 Å². The fraction of sp³-hybridized carbons (Fsp3) is 0.176. The Kier molecular flexibility index (Phi) is 5.06. The minimum atomic E-state index is -0.0289. The second-order valence-electron chi connectivity index (χ2n) is 4.96. The van der Waals surface area contributed by atoms with Gasteiger partial charge in [-0.3, -0.25) is 14.8 Å². The van der Waals surface area contributed by atoms with Gasteiger partial charge in [0.1, 0.15) is 5.01 Å². The summed E-state index contributed by atoms with van der Waals surface area (Å²) < 4.78 is 0. The maximum Gasteiger partial charge on any atom is 0.226 e. The van der Waals surface area contributed by atoms with Crippen molar-refractivity contribution < 1.29 is 4.79 Å². The zero-order chi connectivity index (χ0) is 15.9. The predicted octanol–water partition coefficient (Wildman–Crippen LogP) is 2.50. The van der Waals surface area contributed by atoms with E-state index in [0.717, 1.165) is 28.5 Å². The highest BCUT2D eigenvalue weighted by Gasteiger charge is 2.09. The van der Waals surface area contributed by atoms with Gasteiger partial charge in [-0.25, -0.2) is 4.98 Å². The average molecular weight is 324 g/mol. The molecule has 1 N–H and O–H groups in total. The highest BCUT2D eigenvalue weighted by molar-refractivity contribution is 7.13. The molecule has 0 radical (unpaired) electrons. The molecule has 0 spiro atoms. The van der Waals surface area contributed by atoms with Crippen LogP contribution in [0.15, 0.2) is 54.2 Å². The molecule has 0 aliphatic heterocycles. The van der Waals surface area contributed by atoms with Crippen molar-refractivity contribution in [2.24, 2.45) is 0 Å². The third-order valence-electron chi connectivity index (χ3n) is 3.21. The van der Waals surface area contributed by atoms with Gasteiger partial charge in [-0.15, -0.1) is 11.3 Å². The SMILES string of the molecule is O=C(Cc1csc(-c2ccccn2)n1)NCCc1ccccn1. The van der Waals surface area contributed by atoms with Crippen LogP contribution >= 0.6 is 11.3 Å². The Morgan fingerprint density at radius 2 is 1.87 bits per heavy atom. The van der Waals surface area contributed by atoms with E-state index in [1.54, 1.807) is 12.4 Å². The molecule has 0 fully saturated rings. The van der Waals surface area contributed by atoms with Gasteiger partial charge in [-0.05, 0) is 24.3 Å². The van der Waals surface area contributed by atoms with Gasteiger partial charge in [-0.2, -0.15) is 0 Å². The van der Waals surface area contributed by atoms with Crippen molar-refractivity contribution in [2.75, 3.05) is 6.54 Å². The molecule has 0 aliphatic carbocycles. The molecule has 0 aliphatic rings. The molecule has 23 heavy (non-hydrogen) atoms. The first-order valence-corrected chi connectivity index (χ1v) is 8.21. The van der Waals surface area contributed by atoms with Crippen LogP contribution in [0.5, 0.6) is 0 Å². The number of aromatic nitrogens is 3. The summed E-state index contributed by atoms with van der Waals surface area (Å²) in [5, 5.41) is 5.64. The lowest BCUT2D eigenvalue weighted by molar-refractivity contribution is -0.120. The molecule has 0 bridgehead atoms. The van der Waals surface area contributed by atoms with Crippen LogP contribution < -0.4 is 5.32 Å². The van der Waals surface area contributed by atoms with E-state index in [4.69, 9.17) is 0 Å². The predicted molar refractivity (Wildman–Crippen MR) is 90.0 cm³/mol. The number of carbonyl (C=O) groups excluding carboxylic acids is 1. The molecule has 0 aromatic carbocycles. The molecule has 0 atom stereocenters. The molecule has 3 rings (SSSR count). The van der Waals surface area contributed by atoms with Crippen molar-refractivity contribution in [1.82, 2.24) is 20.3 Å². The monoisotopic (exact) mass is 324 g/mol. The fourth-order valence-electron chi connectivity index (χ4n) is 2.10. The van der Waals surface area contributed by atoms with Crippen molar-refractivity contribution in [3.63, 3.8) is 0 Å². The van der Waals surface area contributed by atoms with Gasteiger partial charge < -0.3 is 5.32 Å². The number of carbonyl (C=O) groups is 1. The van der Waals surface area contributed by atoms with Crippen molar-refractivity contribution in [3.8, 4) is 10.7 Å². The quantitative estimate of drug-likeness (QED) is 0.756. The molecule has 3 aromatic rings. The zero-order valence-corrected chi connectivity index (χ0v) is 13.3. The lowest BCUT2D eigenvalue weighted by Gasteiger charge is -2.03. The number of pyridine rings is 2. The molecule has 6 heteroatoms. The number of rotatable bonds is 6. The molecule has 1 amide bonds. The van der Waals surface area contributed by atoms with Gasteiger partial charge >= 0.3 is 0 Å². The van der Waals surface area contributed by atoms with Crippen molar-refractivity contribution in [1.29, 1.82) is 0 Å². The second kappa shape index (κ2) is 7.60. The summed E-state index contributed by atoms with van der Waals surface area (Å²) in [6.45, 7) is 0.576. The molecule has 5 nitrogen and oxygen atoms in total. The van der Waals surface area contributed by atoms with Crippen LogP contribution in [0.4, 0.5) is 0 Å². The Labute approximate surface area is 138 Å². The van der Waals surface area contributed by atoms with E-state index in [0.29, 0.717) is 6.54 Å². The Hall–Kier alpha value is -2.60. The summed E-state index contributed by atoms with van der Waals surface area (Å²) in [4.78, 5) is 24.9. The normalized spacial score (nSPS) is 10.4. The van der Waals surface area contributed by atoms with E-state index in [2.05, 4.69) is 20.3 Å². The van der Waals surface area contributed by atoms with Crippen LogP contribution in [0.2, 0.25) is 0 Å². The largest absolute Gasteiger partial charge is 0.355 e. The molecule has 3 heterocycles. The van der Waals surface area contributed by atoms with Crippen LogP contribution in [-0.4, -0.2) is 27.4 Å². The van der Waals surface area contributed by atoms with E-state index in [-0.39, 0.29) is 12.3 Å². The molecular formula is C17H16N4OS. The Morgan fingerprint density at radius 1 is 1.04 bits per heavy atom. The minimum Gasteiger partial charge on any atom is -0.355 e. The standard InChI is InChI=1S/C17H16N4OS/c22-16(20-10-7-13-5-1-3-8-18-13)11-14-12-23-17(21-14)15-6-2-4-9-19-15/h1-6,8-9,12H,7,10-11H2,(H,20,22). The van der Waals surface area contributed by atoms with Crippen LogP contribution in [0.25, 0.3) is 10.7 Å². The topological polar surface area (TPSA) is 67.8 Å². The van der Waals surface area contributed by atoms with Gasteiger partial charge in [0, 0.05) is 36.4 Å². The Balaban J connectivity index is 1.49. The van der Waals surface area contributed by atoms with Crippen molar-refractivity contribution in [2.45, 2.75) is 12.8 Å². The lowest BCUT2D eigenvalue weighted by Crippen LogP contribution is -2.27. The van der Waals surface area contributed by atoms with Gasteiger partial charge in [-0.1, -0.05) is 12.1 Å². The van der Waals surface area contributed by atoms with E-state index in [1.165, 1.54) is 11.3 Å².